The smallest absolute Gasteiger partial charge is 0.303 e. The maximum atomic E-state index is 10.3. The van der Waals surface area contributed by atoms with E-state index in [1.807, 2.05) is 0 Å². The van der Waals surface area contributed by atoms with Gasteiger partial charge in [0.05, 0.1) is 0 Å². The quantitative estimate of drug-likeness (QED) is 0.0459. The Morgan fingerprint density at radius 2 is 0.510 bits per heavy atom. The fourth-order valence-electron chi connectivity index (χ4n) is 4.88. The van der Waals surface area contributed by atoms with Crippen molar-refractivity contribution in [1.82, 2.24) is 0 Å². The van der Waals surface area contributed by atoms with E-state index in [9.17, 15) is 14.4 Å². The Balaban J connectivity index is -0.000000307. The van der Waals surface area contributed by atoms with Crippen LogP contribution in [-0.4, -0.2) is 33.2 Å². The van der Waals surface area contributed by atoms with Crippen LogP contribution in [-0.2, 0) is 40.2 Å². The first kappa shape index (κ1) is 54.3. The van der Waals surface area contributed by atoms with Crippen molar-refractivity contribution >= 4 is 17.9 Å². The van der Waals surface area contributed by atoms with Crippen molar-refractivity contribution in [2.75, 3.05) is 0 Å². The summed E-state index contributed by atoms with van der Waals surface area (Å²) >= 11 is 0. The number of unbranched alkanes of at least 4 members (excludes halogenated alkanes) is 21. The predicted octanol–water partition coefficient (Wildman–Crippen LogP) is 13.6. The molecule has 7 heteroatoms. The molecule has 0 aliphatic heterocycles. The number of rotatable bonds is 33. The number of carboxylic acid groups (broad SMARTS) is 3. The molecule has 0 spiro atoms. The average molecular weight is 724 g/mol. The van der Waals surface area contributed by atoms with Gasteiger partial charge in [-0.2, -0.15) is 0 Å². The van der Waals surface area contributed by atoms with Gasteiger partial charge in [-0.3, -0.25) is 14.4 Å². The van der Waals surface area contributed by atoms with E-state index in [0.717, 1.165) is 38.5 Å². The van der Waals surface area contributed by atoms with E-state index in [0.29, 0.717) is 19.3 Å². The van der Waals surface area contributed by atoms with E-state index in [-0.39, 0.29) is 25.8 Å². The van der Waals surface area contributed by atoms with Gasteiger partial charge in [-0.15, -0.1) is 0 Å². The Kier molecular flexibility index (Phi) is 56.4. The zero-order valence-electron chi connectivity index (χ0n) is 32.3. The molecule has 0 aliphatic carbocycles. The van der Waals surface area contributed by atoms with Gasteiger partial charge in [-0.05, 0) is 77.0 Å². The molecule has 0 saturated carbocycles. The van der Waals surface area contributed by atoms with Crippen LogP contribution >= 0.6 is 0 Å². The molecule has 0 aromatic carbocycles. The van der Waals surface area contributed by atoms with Crippen molar-refractivity contribution < 1.29 is 55.5 Å². The molecular formula is C42H78O6Sc. The monoisotopic (exact) mass is 724 g/mol. The minimum absolute atomic E-state index is 0. The van der Waals surface area contributed by atoms with Gasteiger partial charge in [0.2, 0.25) is 0 Å². The zero-order valence-corrected chi connectivity index (χ0v) is 34.1. The maximum Gasteiger partial charge on any atom is 0.303 e. The van der Waals surface area contributed by atoms with Crippen LogP contribution in [0.4, 0.5) is 0 Å². The summed E-state index contributed by atoms with van der Waals surface area (Å²) in [6.45, 7) is 6.64. The third-order valence-corrected chi connectivity index (χ3v) is 7.96. The van der Waals surface area contributed by atoms with Crippen molar-refractivity contribution in [2.24, 2.45) is 0 Å². The number of carbonyl (C=O) groups is 3. The first-order valence-electron chi connectivity index (χ1n) is 19.9. The maximum absolute atomic E-state index is 10.3. The molecular weight excluding hydrogens is 645 g/mol. The standard InChI is InChI=1S/3C14H26O2.Sc/c3*1-2-3-4-5-6-7-8-9-10-11-12-13-14(15)16;/h3*5-6H,2-4,7-13H2,1H3,(H,15,16);/b3*6-5-;. The zero-order chi connectivity index (χ0) is 36.2. The molecule has 285 valence electrons. The van der Waals surface area contributed by atoms with Crippen molar-refractivity contribution in [3.05, 3.63) is 36.5 Å². The van der Waals surface area contributed by atoms with E-state index in [1.165, 1.54) is 135 Å². The Labute approximate surface area is 321 Å². The SMILES string of the molecule is CCCC/C=C\CCCCCCCC(=O)O.CCCC/C=C\CCCCCCCC(=O)O.CCCC/C=C\CCCCCCCC(=O)O.[Sc]. The molecule has 0 fully saturated rings. The molecule has 0 atom stereocenters. The minimum Gasteiger partial charge on any atom is -0.481 e. The Bertz CT molecular complexity index is 662. The number of hydrogen-bond donors (Lipinski definition) is 3. The molecule has 6 nitrogen and oxygen atoms in total. The van der Waals surface area contributed by atoms with Crippen LogP contribution in [0.5, 0.6) is 0 Å². The third-order valence-electron chi connectivity index (χ3n) is 7.96. The molecule has 0 unspecified atom stereocenters. The van der Waals surface area contributed by atoms with Crippen LogP contribution in [0.25, 0.3) is 0 Å². The first-order valence-corrected chi connectivity index (χ1v) is 19.9. The van der Waals surface area contributed by atoms with Gasteiger partial charge in [0, 0.05) is 45.1 Å². The van der Waals surface area contributed by atoms with Crippen LogP contribution in [0.1, 0.15) is 213 Å². The number of aliphatic carboxylic acids is 3. The molecule has 0 aliphatic rings. The summed E-state index contributed by atoms with van der Waals surface area (Å²) < 4.78 is 0. The second-order valence-electron chi connectivity index (χ2n) is 12.9. The van der Waals surface area contributed by atoms with Crippen LogP contribution in [0, 0.1) is 0 Å². The Morgan fingerprint density at radius 3 is 0.714 bits per heavy atom. The van der Waals surface area contributed by atoms with Crippen LogP contribution < -0.4 is 0 Å². The third kappa shape index (κ3) is 65.5. The largest absolute Gasteiger partial charge is 0.481 e. The fourth-order valence-corrected chi connectivity index (χ4v) is 4.88. The average Bonchev–Trinajstić information content (AvgIpc) is 3.05. The summed E-state index contributed by atoms with van der Waals surface area (Å²) in [6, 6.07) is 0. The van der Waals surface area contributed by atoms with Crippen LogP contribution in [0.3, 0.4) is 0 Å². The van der Waals surface area contributed by atoms with Crippen molar-refractivity contribution in [3.8, 4) is 0 Å². The predicted molar refractivity (Wildman–Crippen MR) is 206 cm³/mol. The summed E-state index contributed by atoms with van der Waals surface area (Å²) in [5.41, 5.74) is 0. The number of hydrogen-bond acceptors (Lipinski definition) is 3. The second-order valence-corrected chi connectivity index (χ2v) is 12.9. The van der Waals surface area contributed by atoms with Gasteiger partial charge in [-0.25, -0.2) is 0 Å². The molecule has 49 heavy (non-hydrogen) atoms. The molecule has 1 radical (unpaired) electrons. The summed E-state index contributed by atoms with van der Waals surface area (Å²) in [5.74, 6) is -2.00. The van der Waals surface area contributed by atoms with E-state index in [4.69, 9.17) is 15.3 Å². The number of carboxylic acids is 3. The van der Waals surface area contributed by atoms with Crippen molar-refractivity contribution in [2.45, 2.75) is 213 Å². The fraction of sp³-hybridized carbons (Fsp3) is 0.786. The molecule has 0 bridgehead atoms. The Hall–Kier alpha value is -1.50. The normalized spacial score (nSPS) is 10.8. The second kappa shape index (κ2) is 50.9. The van der Waals surface area contributed by atoms with Gasteiger partial charge < -0.3 is 15.3 Å². The molecule has 3 N–H and O–H groups in total. The van der Waals surface area contributed by atoms with Crippen molar-refractivity contribution in [3.63, 3.8) is 0 Å². The van der Waals surface area contributed by atoms with Crippen LogP contribution in [0.15, 0.2) is 36.5 Å². The van der Waals surface area contributed by atoms with Crippen LogP contribution in [0.2, 0.25) is 0 Å². The van der Waals surface area contributed by atoms with E-state index in [1.54, 1.807) is 0 Å². The van der Waals surface area contributed by atoms with Gasteiger partial charge in [0.25, 0.3) is 0 Å². The molecule has 0 heterocycles. The van der Waals surface area contributed by atoms with Gasteiger partial charge >= 0.3 is 17.9 Å². The first-order chi connectivity index (χ1) is 23.3. The molecule has 0 aromatic heterocycles. The summed E-state index contributed by atoms with van der Waals surface area (Å²) in [4.78, 5) is 30.8. The van der Waals surface area contributed by atoms with Crippen molar-refractivity contribution in [1.29, 1.82) is 0 Å². The Morgan fingerprint density at radius 1 is 0.327 bits per heavy atom. The molecule has 0 aromatic rings. The minimum atomic E-state index is -0.668. The van der Waals surface area contributed by atoms with Gasteiger partial charge in [0.15, 0.2) is 0 Å². The molecule has 0 amide bonds. The summed E-state index contributed by atoms with van der Waals surface area (Å²) in [5, 5.41) is 25.3. The van der Waals surface area contributed by atoms with E-state index >= 15 is 0 Å². The van der Waals surface area contributed by atoms with E-state index in [2.05, 4.69) is 57.2 Å². The summed E-state index contributed by atoms with van der Waals surface area (Å²) in [6.07, 6.45) is 46.3. The van der Waals surface area contributed by atoms with E-state index < -0.39 is 17.9 Å². The van der Waals surface area contributed by atoms with Gasteiger partial charge in [0.1, 0.15) is 0 Å². The summed E-state index contributed by atoms with van der Waals surface area (Å²) in [7, 11) is 0. The van der Waals surface area contributed by atoms with Gasteiger partial charge in [-0.1, -0.05) is 154 Å². The molecule has 0 rings (SSSR count). The molecule has 0 saturated heterocycles. The topological polar surface area (TPSA) is 112 Å². The number of allylic oxidation sites excluding steroid dienone is 6.